The van der Waals surface area contributed by atoms with Gasteiger partial charge in [0.15, 0.2) is 0 Å². The average molecular weight is 375 g/mol. The number of carbonyl (C=O) groups excluding carboxylic acids is 1. The number of nitrogens with one attached hydrogen (secondary N) is 1. The molecule has 28 heavy (non-hydrogen) atoms. The standard InChI is InChI=1S/C21H17N3O4/c1-15-18(7-4-8-20(15)24(26)27)21(25)23-11-2-3-13-28-17-10-9-16-6-5-12-22-19(16)14-17/h4-10,12,14H,11,13H2,1H3,(H,23,25). The van der Waals surface area contributed by atoms with Gasteiger partial charge in [-0.1, -0.05) is 24.0 Å². The molecule has 2 aromatic carbocycles. The molecule has 0 radical (unpaired) electrons. The average Bonchev–Trinajstić information content (AvgIpc) is 2.70. The highest BCUT2D eigenvalue weighted by molar-refractivity contribution is 5.96. The molecular weight excluding hydrogens is 358 g/mol. The van der Waals surface area contributed by atoms with Crippen molar-refractivity contribution >= 4 is 22.5 Å². The lowest BCUT2D eigenvalue weighted by molar-refractivity contribution is -0.385. The highest BCUT2D eigenvalue weighted by atomic mass is 16.6. The van der Waals surface area contributed by atoms with E-state index in [2.05, 4.69) is 22.1 Å². The molecule has 0 unspecified atom stereocenters. The predicted molar refractivity (Wildman–Crippen MR) is 105 cm³/mol. The van der Waals surface area contributed by atoms with Crippen LogP contribution in [0.5, 0.6) is 5.75 Å². The molecule has 140 valence electrons. The third kappa shape index (κ3) is 4.43. The Bertz CT molecular complexity index is 1100. The fourth-order valence-electron chi connectivity index (χ4n) is 2.66. The van der Waals surface area contributed by atoms with Gasteiger partial charge in [-0.15, -0.1) is 0 Å². The number of fused-ring (bicyclic) bond motifs is 1. The van der Waals surface area contributed by atoms with E-state index in [4.69, 9.17) is 4.74 Å². The van der Waals surface area contributed by atoms with Crippen LogP contribution in [0.4, 0.5) is 5.69 Å². The molecule has 0 saturated heterocycles. The molecule has 0 fully saturated rings. The first-order valence-corrected chi connectivity index (χ1v) is 8.52. The molecule has 0 spiro atoms. The Morgan fingerprint density at radius 1 is 1.21 bits per heavy atom. The summed E-state index contributed by atoms with van der Waals surface area (Å²) in [5, 5.41) is 14.6. The van der Waals surface area contributed by atoms with E-state index >= 15 is 0 Å². The van der Waals surface area contributed by atoms with Gasteiger partial charge >= 0.3 is 0 Å². The predicted octanol–water partition coefficient (Wildman–Crippen LogP) is 3.26. The van der Waals surface area contributed by atoms with E-state index in [0.717, 1.165) is 10.9 Å². The lowest BCUT2D eigenvalue weighted by Gasteiger charge is -2.05. The molecule has 1 N–H and O–H groups in total. The first-order chi connectivity index (χ1) is 13.6. The Morgan fingerprint density at radius 2 is 2.07 bits per heavy atom. The van der Waals surface area contributed by atoms with Gasteiger partial charge < -0.3 is 10.1 Å². The second-order valence-electron chi connectivity index (χ2n) is 5.89. The minimum Gasteiger partial charge on any atom is -0.481 e. The van der Waals surface area contributed by atoms with Gasteiger partial charge in [-0.25, -0.2) is 0 Å². The summed E-state index contributed by atoms with van der Waals surface area (Å²) in [6.45, 7) is 1.83. The Balaban J connectivity index is 1.52. The van der Waals surface area contributed by atoms with Crippen LogP contribution in [0.1, 0.15) is 15.9 Å². The number of rotatable bonds is 5. The van der Waals surface area contributed by atoms with Gasteiger partial charge in [0.25, 0.3) is 11.6 Å². The molecule has 0 aliphatic rings. The Kier molecular flexibility index (Phi) is 5.82. The molecular formula is C21H17N3O4. The number of nitrogens with zero attached hydrogens (tertiary/aromatic N) is 2. The van der Waals surface area contributed by atoms with Gasteiger partial charge in [0.05, 0.1) is 17.0 Å². The Hall–Kier alpha value is -3.92. The number of benzene rings is 2. The first kappa shape index (κ1) is 18.9. The molecule has 7 nitrogen and oxygen atoms in total. The smallest absolute Gasteiger partial charge is 0.273 e. The first-order valence-electron chi connectivity index (χ1n) is 8.52. The summed E-state index contributed by atoms with van der Waals surface area (Å²) in [7, 11) is 0. The molecule has 0 atom stereocenters. The van der Waals surface area contributed by atoms with E-state index < -0.39 is 10.8 Å². The van der Waals surface area contributed by atoms with Crippen molar-refractivity contribution < 1.29 is 14.5 Å². The van der Waals surface area contributed by atoms with Crippen LogP contribution in [-0.4, -0.2) is 29.0 Å². The minimum absolute atomic E-state index is 0.0861. The summed E-state index contributed by atoms with van der Waals surface area (Å²) >= 11 is 0. The van der Waals surface area contributed by atoms with Crippen molar-refractivity contribution in [2.75, 3.05) is 13.2 Å². The van der Waals surface area contributed by atoms with Crippen LogP contribution >= 0.6 is 0 Å². The maximum atomic E-state index is 12.2. The zero-order valence-corrected chi connectivity index (χ0v) is 15.1. The van der Waals surface area contributed by atoms with Gasteiger partial charge in [0.2, 0.25) is 0 Å². The third-order valence-electron chi connectivity index (χ3n) is 4.10. The number of ether oxygens (including phenoxy) is 1. The second-order valence-corrected chi connectivity index (χ2v) is 5.89. The van der Waals surface area contributed by atoms with Crippen LogP contribution in [0, 0.1) is 28.9 Å². The zero-order chi connectivity index (χ0) is 19.9. The number of hydrogen-bond donors (Lipinski definition) is 1. The van der Waals surface area contributed by atoms with Gasteiger partial charge in [-0.3, -0.25) is 19.9 Å². The number of hydrogen-bond acceptors (Lipinski definition) is 5. The van der Waals surface area contributed by atoms with E-state index in [9.17, 15) is 14.9 Å². The van der Waals surface area contributed by atoms with Crippen molar-refractivity contribution in [3.63, 3.8) is 0 Å². The van der Waals surface area contributed by atoms with Crippen LogP contribution in [0.15, 0.2) is 54.7 Å². The van der Waals surface area contributed by atoms with E-state index in [1.54, 1.807) is 19.2 Å². The summed E-state index contributed by atoms with van der Waals surface area (Å²) < 4.78 is 5.57. The van der Waals surface area contributed by atoms with Crippen LogP contribution in [0.3, 0.4) is 0 Å². The van der Waals surface area contributed by atoms with Gasteiger partial charge in [0.1, 0.15) is 12.4 Å². The van der Waals surface area contributed by atoms with Crippen molar-refractivity contribution in [3.05, 3.63) is 76.0 Å². The fraction of sp³-hybridized carbons (Fsp3) is 0.143. The molecule has 7 heteroatoms. The van der Waals surface area contributed by atoms with Crippen molar-refractivity contribution in [3.8, 4) is 17.6 Å². The molecule has 3 rings (SSSR count). The van der Waals surface area contributed by atoms with Gasteiger partial charge in [0, 0.05) is 34.8 Å². The monoisotopic (exact) mass is 375 g/mol. The Morgan fingerprint density at radius 3 is 2.89 bits per heavy atom. The van der Waals surface area contributed by atoms with Crippen molar-refractivity contribution in [2.24, 2.45) is 0 Å². The number of aromatic nitrogens is 1. The Labute approximate surface area is 161 Å². The lowest BCUT2D eigenvalue weighted by atomic mass is 10.1. The number of amides is 1. The molecule has 0 aliphatic heterocycles. The maximum Gasteiger partial charge on any atom is 0.273 e. The van der Waals surface area contributed by atoms with E-state index in [1.165, 1.54) is 12.1 Å². The molecule has 3 aromatic rings. The number of nitro groups is 1. The quantitative estimate of drug-likeness (QED) is 0.420. The van der Waals surface area contributed by atoms with Gasteiger partial charge in [-0.05, 0) is 31.2 Å². The van der Waals surface area contributed by atoms with E-state index in [0.29, 0.717) is 11.3 Å². The van der Waals surface area contributed by atoms with Crippen molar-refractivity contribution in [2.45, 2.75) is 6.92 Å². The normalized spacial score (nSPS) is 10.0. The van der Waals surface area contributed by atoms with Crippen molar-refractivity contribution in [1.29, 1.82) is 0 Å². The van der Waals surface area contributed by atoms with Crippen LogP contribution in [0.2, 0.25) is 0 Å². The topological polar surface area (TPSA) is 94.4 Å². The summed E-state index contributed by atoms with van der Waals surface area (Å²) in [5.41, 5.74) is 1.34. The number of carbonyl (C=O) groups is 1. The third-order valence-corrected chi connectivity index (χ3v) is 4.10. The summed E-state index contributed by atoms with van der Waals surface area (Å²) in [6, 6.07) is 13.8. The summed E-state index contributed by atoms with van der Waals surface area (Å²) in [4.78, 5) is 26.9. The van der Waals surface area contributed by atoms with Crippen LogP contribution in [0.25, 0.3) is 10.9 Å². The van der Waals surface area contributed by atoms with E-state index in [-0.39, 0.29) is 24.4 Å². The minimum atomic E-state index is -0.508. The van der Waals surface area contributed by atoms with Crippen molar-refractivity contribution in [1.82, 2.24) is 10.3 Å². The second kappa shape index (κ2) is 8.64. The fourth-order valence-corrected chi connectivity index (χ4v) is 2.66. The molecule has 1 amide bonds. The summed E-state index contributed by atoms with van der Waals surface area (Å²) in [6.07, 6.45) is 1.72. The molecule has 1 aromatic heterocycles. The zero-order valence-electron chi connectivity index (χ0n) is 15.1. The highest BCUT2D eigenvalue weighted by Crippen LogP contribution is 2.21. The molecule has 1 heterocycles. The molecule has 0 aliphatic carbocycles. The molecule has 0 bridgehead atoms. The summed E-state index contributed by atoms with van der Waals surface area (Å²) in [5.74, 6) is 5.87. The van der Waals surface area contributed by atoms with Gasteiger partial charge in [-0.2, -0.15) is 0 Å². The lowest BCUT2D eigenvalue weighted by Crippen LogP contribution is -2.24. The van der Waals surface area contributed by atoms with Crippen LogP contribution in [-0.2, 0) is 0 Å². The number of pyridine rings is 1. The van der Waals surface area contributed by atoms with E-state index in [1.807, 2.05) is 30.3 Å². The number of nitro benzene ring substituents is 1. The molecule has 0 saturated carbocycles. The highest BCUT2D eigenvalue weighted by Gasteiger charge is 2.17. The SMILES string of the molecule is Cc1c(C(=O)NCC#CCOc2ccc3cccnc3c2)cccc1[N+](=O)[O-]. The maximum absolute atomic E-state index is 12.2. The van der Waals surface area contributed by atoms with Crippen LogP contribution < -0.4 is 10.1 Å². The largest absolute Gasteiger partial charge is 0.481 e.